The van der Waals surface area contributed by atoms with E-state index in [9.17, 15) is 0 Å². The molecule has 0 saturated carbocycles. The molecule has 0 saturated heterocycles. The number of hydrogen-bond acceptors (Lipinski definition) is 1. The lowest BCUT2D eigenvalue weighted by Gasteiger charge is -1.98. The van der Waals surface area contributed by atoms with Crippen LogP contribution in [0.3, 0.4) is 0 Å². The Balaban J connectivity index is 3.00. The molecule has 0 aliphatic rings. The molecule has 4 heteroatoms. The largest absolute Gasteiger partial charge is 0.356 e. The van der Waals surface area contributed by atoms with Crippen molar-refractivity contribution in [3.8, 4) is 0 Å². The maximum atomic E-state index is 6.78. The van der Waals surface area contributed by atoms with Crippen LogP contribution in [0.5, 0.6) is 0 Å². The zero-order valence-corrected chi connectivity index (χ0v) is 4.84. The summed E-state index contributed by atoms with van der Waals surface area (Å²) in [7, 11) is 0. The molecule has 0 aliphatic carbocycles. The molecule has 0 heterocycles. The minimum absolute atomic E-state index is 0.143. The van der Waals surface area contributed by atoms with Gasteiger partial charge in [-0.2, -0.15) is 0 Å². The number of halogens is 1. The number of rotatable bonds is 1. The molecule has 3 nitrogen and oxygen atoms in total. The Morgan fingerprint density at radius 2 is 2.43 bits per heavy atom. The van der Waals surface area contributed by atoms with Crippen LogP contribution in [0.2, 0.25) is 0 Å². The van der Waals surface area contributed by atoms with Crippen molar-refractivity contribution in [1.29, 1.82) is 5.41 Å². The second kappa shape index (κ2) is 3.74. The molecule has 0 aromatic heterocycles. The van der Waals surface area contributed by atoms with Crippen LogP contribution in [0.4, 0.5) is 0 Å². The Bertz CT molecular complexity index is 63.2. The van der Waals surface area contributed by atoms with Gasteiger partial charge in [0.2, 0.25) is 5.96 Å². The van der Waals surface area contributed by atoms with Crippen molar-refractivity contribution >= 4 is 17.7 Å². The van der Waals surface area contributed by atoms with Gasteiger partial charge >= 0.3 is 0 Å². The van der Waals surface area contributed by atoms with Crippen molar-refractivity contribution in [2.75, 3.05) is 6.54 Å². The summed E-state index contributed by atoms with van der Waals surface area (Å²) < 4.78 is 0. The van der Waals surface area contributed by atoms with Gasteiger partial charge in [0.25, 0.3) is 0 Å². The average molecular weight is 122 g/mol. The Morgan fingerprint density at radius 1 is 1.86 bits per heavy atom. The number of hydrogen-bond donors (Lipinski definition) is 3. The summed E-state index contributed by atoms with van der Waals surface area (Å²) >= 11 is 4.99. The molecule has 0 aliphatic heterocycles. The maximum absolute atomic E-state index is 6.78. The molecule has 0 atom stereocenters. The lowest BCUT2D eigenvalue weighted by molar-refractivity contribution is 0.932. The molecular formula is C3H8ClN3. The Kier molecular flexibility index (Phi) is 3.50. The first-order valence-corrected chi connectivity index (χ1v) is 2.38. The molecule has 0 aromatic rings. The third-order valence-electron chi connectivity index (χ3n) is 0.448. The summed E-state index contributed by atoms with van der Waals surface area (Å²) in [6.45, 7) is 2.61. The summed E-state index contributed by atoms with van der Waals surface area (Å²) in [4.78, 5) is 2.11. The van der Waals surface area contributed by atoms with Crippen LogP contribution in [0.15, 0.2) is 0 Å². The van der Waals surface area contributed by atoms with E-state index in [1.54, 1.807) is 0 Å². The fourth-order valence-electron chi connectivity index (χ4n) is 0.210. The summed E-state index contributed by atoms with van der Waals surface area (Å²) in [5, 5.41) is 9.42. The highest BCUT2D eigenvalue weighted by Gasteiger charge is 1.82. The molecule has 0 amide bonds. The molecule has 7 heavy (non-hydrogen) atoms. The molecule has 3 N–H and O–H groups in total. The van der Waals surface area contributed by atoms with Gasteiger partial charge in [-0.05, 0) is 6.92 Å². The first-order chi connectivity index (χ1) is 3.31. The van der Waals surface area contributed by atoms with Crippen LogP contribution in [-0.2, 0) is 0 Å². The van der Waals surface area contributed by atoms with Crippen LogP contribution in [0.1, 0.15) is 6.92 Å². The van der Waals surface area contributed by atoms with Gasteiger partial charge in [0.05, 0.1) is 0 Å². The third-order valence-corrected chi connectivity index (χ3v) is 0.637. The van der Waals surface area contributed by atoms with Crippen molar-refractivity contribution in [2.24, 2.45) is 0 Å². The minimum atomic E-state index is 0.143. The topological polar surface area (TPSA) is 47.9 Å². The molecule has 42 valence electrons. The maximum Gasteiger partial charge on any atom is 0.203 e. The summed E-state index contributed by atoms with van der Waals surface area (Å²) in [6, 6.07) is 0. The van der Waals surface area contributed by atoms with Crippen molar-refractivity contribution < 1.29 is 0 Å². The lowest BCUT2D eigenvalue weighted by atomic mass is 10.7. The molecular weight excluding hydrogens is 114 g/mol. The van der Waals surface area contributed by atoms with Gasteiger partial charge in [-0.25, -0.2) is 0 Å². The molecule has 0 unspecified atom stereocenters. The molecule has 0 fully saturated rings. The second-order valence-electron chi connectivity index (χ2n) is 1.000. The Morgan fingerprint density at radius 3 is 2.57 bits per heavy atom. The van der Waals surface area contributed by atoms with Crippen LogP contribution in [0.25, 0.3) is 0 Å². The molecule has 0 aromatic carbocycles. The van der Waals surface area contributed by atoms with Crippen molar-refractivity contribution in [2.45, 2.75) is 6.92 Å². The number of guanidine groups is 1. The van der Waals surface area contributed by atoms with Gasteiger partial charge in [-0.3, -0.25) is 10.2 Å². The van der Waals surface area contributed by atoms with Gasteiger partial charge in [-0.1, -0.05) is 0 Å². The standard InChI is InChI=1S/C3H8ClN3/c1-2-6-3(5)7-4/h2H2,1H3,(H3,5,6,7). The van der Waals surface area contributed by atoms with Crippen LogP contribution >= 0.6 is 11.8 Å². The first kappa shape index (κ1) is 6.56. The quantitative estimate of drug-likeness (QED) is 0.265. The van der Waals surface area contributed by atoms with Crippen molar-refractivity contribution in [1.82, 2.24) is 10.2 Å². The van der Waals surface area contributed by atoms with E-state index in [4.69, 9.17) is 17.2 Å². The van der Waals surface area contributed by atoms with E-state index < -0.39 is 0 Å². The van der Waals surface area contributed by atoms with Crippen molar-refractivity contribution in [3.63, 3.8) is 0 Å². The lowest BCUT2D eigenvalue weighted by Crippen LogP contribution is -2.29. The van der Waals surface area contributed by atoms with Crippen LogP contribution < -0.4 is 10.2 Å². The summed E-state index contributed by atoms with van der Waals surface area (Å²) in [6.07, 6.45) is 0. The van der Waals surface area contributed by atoms with E-state index in [1.165, 1.54) is 0 Å². The second-order valence-corrected chi connectivity index (χ2v) is 1.19. The predicted molar refractivity (Wildman–Crippen MR) is 30.4 cm³/mol. The zero-order chi connectivity index (χ0) is 5.70. The van der Waals surface area contributed by atoms with E-state index >= 15 is 0 Å². The van der Waals surface area contributed by atoms with Crippen LogP contribution in [0, 0.1) is 5.41 Å². The zero-order valence-electron chi connectivity index (χ0n) is 4.09. The summed E-state index contributed by atoms with van der Waals surface area (Å²) in [5.41, 5.74) is 0. The molecule has 0 bridgehead atoms. The Hall–Kier alpha value is -0.440. The van der Waals surface area contributed by atoms with Crippen LogP contribution in [-0.4, -0.2) is 12.5 Å². The van der Waals surface area contributed by atoms with E-state index in [0.717, 1.165) is 6.54 Å². The van der Waals surface area contributed by atoms with E-state index in [1.807, 2.05) is 6.92 Å². The Labute approximate surface area is 47.7 Å². The molecule has 0 rings (SSSR count). The van der Waals surface area contributed by atoms with Gasteiger partial charge in [0.1, 0.15) is 0 Å². The predicted octanol–water partition coefficient (Wildman–Crippen LogP) is 0.274. The highest BCUT2D eigenvalue weighted by molar-refractivity contribution is 6.21. The van der Waals surface area contributed by atoms with Gasteiger partial charge < -0.3 is 5.32 Å². The smallest absolute Gasteiger partial charge is 0.203 e. The molecule has 0 spiro atoms. The SMILES string of the molecule is CCNC(=N)NCl. The highest BCUT2D eigenvalue weighted by Crippen LogP contribution is 1.60. The van der Waals surface area contributed by atoms with Gasteiger partial charge in [-0.15, -0.1) is 0 Å². The fraction of sp³-hybridized carbons (Fsp3) is 0.667. The molecule has 0 radical (unpaired) electrons. The van der Waals surface area contributed by atoms with E-state index in [-0.39, 0.29) is 5.96 Å². The minimum Gasteiger partial charge on any atom is -0.356 e. The third kappa shape index (κ3) is 3.39. The number of nitrogens with one attached hydrogen (secondary N) is 3. The fourth-order valence-corrected chi connectivity index (χ4v) is 0.277. The van der Waals surface area contributed by atoms with Gasteiger partial charge in [0.15, 0.2) is 0 Å². The highest BCUT2D eigenvalue weighted by atomic mass is 35.5. The van der Waals surface area contributed by atoms with Gasteiger partial charge in [0, 0.05) is 18.3 Å². The van der Waals surface area contributed by atoms with E-state index in [2.05, 4.69) is 10.2 Å². The van der Waals surface area contributed by atoms with Crippen molar-refractivity contribution in [3.05, 3.63) is 0 Å². The summed E-state index contributed by atoms with van der Waals surface area (Å²) in [5.74, 6) is 0.143. The van der Waals surface area contributed by atoms with E-state index in [0.29, 0.717) is 0 Å². The average Bonchev–Trinajstić information content (AvgIpc) is 1.68. The monoisotopic (exact) mass is 121 g/mol. The normalized spacial score (nSPS) is 7.71. The first-order valence-electron chi connectivity index (χ1n) is 2.00.